The molecular weight excluding hydrogens is 358 g/mol. The van der Waals surface area contributed by atoms with E-state index in [0.717, 1.165) is 15.5 Å². The van der Waals surface area contributed by atoms with Gasteiger partial charge in [-0.05, 0) is 43.8 Å². The molecule has 0 aliphatic rings. The molecule has 0 heterocycles. The average molecular weight is 380 g/mol. The van der Waals surface area contributed by atoms with Gasteiger partial charge in [-0.15, -0.1) is 0 Å². The summed E-state index contributed by atoms with van der Waals surface area (Å²) in [6.45, 7) is 5.13. The van der Waals surface area contributed by atoms with Crippen molar-refractivity contribution in [3.05, 3.63) is 53.6 Å². The number of rotatable bonds is 9. The molecule has 0 saturated carbocycles. The maximum atomic E-state index is 10.9. The van der Waals surface area contributed by atoms with Crippen LogP contribution >= 0.6 is 23.4 Å². The van der Waals surface area contributed by atoms with Crippen molar-refractivity contribution in [1.29, 1.82) is 0 Å². The normalized spacial score (nSPS) is 12.2. The summed E-state index contributed by atoms with van der Waals surface area (Å²) in [4.78, 5) is 14.8. The van der Waals surface area contributed by atoms with Crippen LogP contribution in [0.3, 0.4) is 0 Å². The third-order valence-corrected chi connectivity index (χ3v) is 4.80. The predicted molar refractivity (Wildman–Crippen MR) is 102 cm³/mol. The fraction of sp³-hybridized carbons (Fsp3) is 0.316. The number of benzene rings is 2. The van der Waals surface area contributed by atoms with Gasteiger partial charge in [0, 0.05) is 16.5 Å². The molecule has 0 saturated heterocycles. The number of para-hydroxylation sites is 1. The number of halogens is 1. The van der Waals surface area contributed by atoms with Gasteiger partial charge in [-0.1, -0.05) is 48.5 Å². The fourth-order valence-electron chi connectivity index (χ4n) is 2.40. The lowest BCUT2D eigenvalue weighted by Crippen LogP contribution is -2.37. The van der Waals surface area contributed by atoms with E-state index in [1.165, 1.54) is 0 Å². The number of likely N-dealkylation sites (N-methyl/N-ethyl adjacent to an activating group) is 1. The number of nitrogens with zero attached hydrogens (tertiary/aromatic N) is 1. The highest BCUT2D eigenvalue weighted by Crippen LogP contribution is 2.36. The lowest BCUT2D eigenvalue weighted by Gasteiger charge is -2.24. The number of hydrogen-bond donors (Lipinski definition) is 1. The summed E-state index contributed by atoms with van der Waals surface area (Å²) in [7, 11) is 0. The van der Waals surface area contributed by atoms with E-state index in [1.54, 1.807) is 11.8 Å². The maximum absolute atomic E-state index is 10.9. The zero-order valence-corrected chi connectivity index (χ0v) is 15.9. The van der Waals surface area contributed by atoms with E-state index < -0.39 is 5.97 Å². The number of ether oxygens (including phenoxy) is 1. The van der Waals surface area contributed by atoms with Crippen LogP contribution in [0.4, 0.5) is 0 Å². The molecule has 1 unspecified atom stereocenters. The van der Waals surface area contributed by atoms with E-state index in [0.29, 0.717) is 18.1 Å². The molecule has 25 heavy (non-hydrogen) atoms. The Kier molecular flexibility index (Phi) is 7.62. The van der Waals surface area contributed by atoms with Crippen LogP contribution in [0.2, 0.25) is 5.02 Å². The van der Waals surface area contributed by atoms with Crippen molar-refractivity contribution < 1.29 is 14.6 Å². The van der Waals surface area contributed by atoms with E-state index in [1.807, 2.05) is 67.3 Å². The van der Waals surface area contributed by atoms with Crippen molar-refractivity contribution in [1.82, 2.24) is 4.90 Å². The molecule has 2 rings (SSSR count). The van der Waals surface area contributed by atoms with Crippen molar-refractivity contribution in [2.45, 2.75) is 29.7 Å². The molecule has 0 bridgehead atoms. The van der Waals surface area contributed by atoms with Crippen LogP contribution in [0.25, 0.3) is 0 Å². The molecule has 2 aromatic carbocycles. The minimum absolute atomic E-state index is 0.0170. The average Bonchev–Trinajstić information content (AvgIpc) is 2.55. The fourth-order valence-corrected chi connectivity index (χ4v) is 3.61. The van der Waals surface area contributed by atoms with E-state index in [2.05, 4.69) is 0 Å². The van der Waals surface area contributed by atoms with E-state index in [9.17, 15) is 4.79 Å². The Morgan fingerprint density at radius 3 is 2.72 bits per heavy atom. The van der Waals surface area contributed by atoms with Gasteiger partial charge in [0.2, 0.25) is 0 Å². The lowest BCUT2D eigenvalue weighted by atomic mass is 10.3. The summed E-state index contributed by atoms with van der Waals surface area (Å²) >= 11 is 7.64. The molecule has 1 N–H and O–H groups in total. The first kappa shape index (κ1) is 19.6. The maximum Gasteiger partial charge on any atom is 0.317 e. The molecule has 1 atom stereocenters. The Morgan fingerprint density at radius 2 is 2.04 bits per heavy atom. The minimum Gasteiger partial charge on any atom is -0.488 e. The van der Waals surface area contributed by atoms with Crippen molar-refractivity contribution in [2.24, 2.45) is 0 Å². The van der Waals surface area contributed by atoms with Crippen LogP contribution in [0.1, 0.15) is 13.8 Å². The molecule has 0 amide bonds. The summed E-state index contributed by atoms with van der Waals surface area (Å²) in [6, 6.07) is 15.5. The number of carboxylic acid groups (broad SMARTS) is 1. The molecule has 0 aliphatic heterocycles. The van der Waals surface area contributed by atoms with Crippen LogP contribution in [0.15, 0.2) is 58.3 Å². The van der Waals surface area contributed by atoms with E-state index in [-0.39, 0.29) is 12.6 Å². The zero-order chi connectivity index (χ0) is 18.2. The van der Waals surface area contributed by atoms with Crippen LogP contribution in [0, 0.1) is 0 Å². The second-order valence-electron chi connectivity index (χ2n) is 5.66. The van der Waals surface area contributed by atoms with Crippen molar-refractivity contribution in [3.63, 3.8) is 0 Å². The molecule has 0 radical (unpaired) electrons. The van der Waals surface area contributed by atoms with Gasteiger partial charge in [-0.3, -0.25) is 9.69 Å². The molecule has 6 heteroatoms. The molecule has 2 aromatic rings. The summed E-state index contributed by atoms with van der Waals surface area (Å²) in [5.74, 6) is -0.0442. The van der Waals surface area contributed by atoms with E-state index in [4.69, 9.17) is 21.4 Å². The first-order valence-electron chi connectivity index (χ1n) is 8.11. The van der Waals surface area contributed by atoms with Crippen molar-refractivity contribution in [3.8, 4) is 5.75 Å². The second-order valence-corrected chi connectivity index (χ2v) is 7.21. The van der Waals surface area contributed by atoms with Gasteiger partial charge in [0.25, 0.3) is 0 Å². The van der Waals surface area contributed by atoms with Crippen LogP contribution in [0.5, 0.6) is 5.75 Å². The Bertz CT molecular complexity index is 711. The number of hydrogen-bond acceptors (Lipinski definition) is 4. The molecule has 0 fully saturated rings. The summed E-state index contributed by atoms with van der Waals surface area (Å²) in [5, 5.41) is 9.65. The Hall–Kier alpha value is -1.69. The Balaban J connectivity index is 2.05. The van der Waals surface area contributed by atoms with Gasteiger partial charge in [0.05, 0.1) is 11.4 Å². The predicted octanol–water partition coefficient (Wildman–Crippen LogP) is 4.67. The molecule has 0 spiro atoms. The minimum atomic E-state index is -0.828. The highest BCUT2D eigenvalue weighted by molar-refractivity contribution is 7.99. The van der Waals surface area contributed by atoms with Gasteiger partial charge in [0.15, 0.2) is 0 Å². The Morgan fingerprint density at radius 1 is 1.28 bits per heavy atom. The smallest absolute Gasteiger partial charge is 0.317 e. The molecule has 134 valence electrons. The summed E-state index contributed by atoms with van der Waals surface area (Å²) in [6.07, 6.45) is -0.125. The summed E-state index contributed by atoms with van der Waals surface area (Å²) in [5.41, 5.74) is 0. The molecular formula is C19H22ClNO3S. The second kappa shape index (κ2) is 9.70. The number of carbonyl (C=O) groups is 1. The van der Waals surface area contributed by atoms with Gasteiger partial charge < -0.3 is 9.84 Å². The van der Waals surface area contributed by atoms with Crippen molar-refractivity contribution in [2.75, 3.05) is 19.6 Å². The standard InChI is InChI=1S/C19H22ClNO3S/c1-3-21(13-19(22)23)12-14(2)24-17-9-4-5-10-18(17)25-16-8-6-7-15(20)11-16/h4-11,14H,3,12-13H2,1-2H3,(H,22,23). The first-order chi connectivity index (χ1) is 12.0. The Labute approximate surface area is 157 Å². The zero-order valence-electron chi connectivity index (χ0n) is 14.3. The first-order valence-corrected chi connectivity index (χ1v) is 9.30. The number of carboxylic acids is 1. The highest BCUT2D eigenvalue weighted by Gasteiger charge is 2.15. The third kappa shape index (κ3) is 6.61. The monoisotopic (exact) mass is 379 g/mol. The SMILES string of the molecule is CCN(CC(=O)O)CC(C)Oc1ccccc1Sc1cccc(Cl)c1. The van der Waals surface area contributed by atoms with Gasteiger partial charge in [-0.25, -0.2) is 0 Å². The van der Waals surface area contributed by atoms with Gasteiger partial charge in [0.1, 0.15) is 11.9 Å². The van der Waals surface area contributed by atoms with Crippen LogP contribution in [-0.4, -0.2) is 41.7 Å². The summed E-state index contributed by atoms with van der Waals surface area (Å²) < 4.78 is 6.07. The topological polar surface area (TPSA) is 49.8 Å². The quantitative estimate of drug-likeness (QED) is 0.686. The van der Waals surface area contributed by atoms with Crippen molar-refractivity contribution >= 4 is 29.3 Å². The van der Waals surface area contributed by atoms with Crippen LogP contribution < -0.4 is 4.74 Å². The molecule has 0 aliphatic carbocycles. The third-order valence-electron chi connectivity index (χ3n) is 3.52. The largest absolute Gasteiger partial charge is 0.488 e. The highest BCUT2D eigenvalue weighted by atomic mass is 35.5. The van der Waals surface area contributed by atoms with Gasteiger partial charge in [-0.2, -0.15) is 0 Å². The van der Waals surface area contributed by atoms with Gasteiger partial charge >= 0.3 is 5.97 Å². The lowest BCUT2D eigenvalue weighted by molar-refractivity contribution is -0.138. The molecule has 0 aromatic heterocycles. The number of aliphatic carboxylic acids is 1. The van der Waals surface area contributed by atoms with E-state index >= 15 is 0 Å². The molecule has 4 nitrogen and oxygen atoms in total. The van der Waals surface area contributed by atoms with Crippen LogP contribution in [-0.2, 0) is 4.79 Å².